The summed E-state index contributed by atoms with van der Waals surface area (Å²) in [6.07, 6.45) is 1.78. The summed E-state index contributed by atoms with van der Waals surface area (Å²) in [6.45, 7) is 10.1. The van der Waals surface area contributed by atoms with Crippen LogP contribution in [-0.4, -0.2) is 41.8 Å². The van der Waals surface area contributed by atoms with Gasteiger partial charge in [0.1, 0.15) is 0 Å². The van der Waals surface area contributed by atoms with Crippen LogP contribution in [0.4, 0.5) is 0 Å². The van der Waals surface area contributed by atoms with E-state index in [0.29, 0.717) is 13.1 Å². The Morgan fingerprint density at radius 3 is 1.24 bits per heavy atom. The maximum atomic E-state index is 10.1. The molecule has 0 fully saturated rings. The summed E-state index contributed by atoms with van der Waals surface area (Å²) in [5.41, 5.74) is 0. The smallest absolute Gasteiger partial charge is 0.520 e. The van der Waals surface area contributed by atoms with Crippen molar-refractivity contribution in [1.82, 2.24) is 9.21 Å². The standard InChI is InChI=1S/C5H10NO.C4H10NO2S.2Rb/c1-3-6(4-2)5-7;1-3-5(4-2)8(6)7;;/h3-4H2,1-2H3;3-4H2,1-2H3;;/q2*-1;2*+1. The molecule has 0 aromatic rings. The van der Waals surface area contributed by atoms with E-state index in [0.717, 1.165) is 13.1 Å². The fourth-order valence-corrected chi connectivity index (χ4v) is 1.21. The molecule has 0 aliphatic carbocycles. The summed E-state index contributed by atoms with van der Waals surface area (Å²) < 4.78 is 21.5. The SMILES string of the molecule is CCN(CC)[S-](=O)=O.CCN([C-]=O)CC.[Rb+].[Rb+]. The van der Waals surface area contributed by atoms with Crippen LogP contribution in [0.2, 0.25) is 0 Å². The van der Waals surface area contributed by atoms with Crippen LogP contribution in [0.25, 0.3) is 0 Å². The van der Waals surface area contributed by atoms with Crippen molar-refractivity contribution in [2.24, 2.45) is 0 Å². The molecule has 0 aliphatic rings. The van der Waals surface area contributed by atoms with Gasteiger partial charge in [0.05, 0.1) is 0 Å². The molecule has 8 heteroatoms. The van der Waals surface area contributed by atoms with Gasteiger partial charge in [0.15, 0.2) is 0 Å². The number of carbonyl (C=O) groups excluding carboxylic acids is 1. The van der Waals surface area contributed by atoms with E-state index in [1.165, 1.54) is 4.31 Å². The summed E-state index contributed by atoms with van der Waals surface area (Å²) in [5.74, 6) is 0. The zero-order chi connectivity index (χ0) is 12.3. The Balaban J connectivity index is -0.0000000896. The molecule has 17 heavy (non-hydrogen) atoms. The number of hydrogen-bond donors (Lipinski definition) is 0. The van der Waals surface area contributed by atoms with E-state index in [4.69, 9.17) is 0 Å². The van der Waals surface area contributed by atoms with Gasteiger partial charge in [-0.3, -0.25) is 0 Å². The predicted octanol–water partition coefficient (Wildman–Crippen LogP) is -5.04. The molecule has 0 atom stereocenters. The predicted molar refractivity (Wildman–Crippen MR) is 60.3 cm³/mol. The first-order chi connectivity index (χ1) is 7.06. The molecule has 0 heterocycles. The van der Waals surface area contributed by atoms with Crippen LogP contribution in [0, 0.1) is 0 Å². The van der Waals surface area contributed by atoms with Crippen molar-refractivity contribution in [2.45, 2.75) is 27.7 Å². The van der Waals surface area contributed by atoms with Gasteiger partial charge in [-0.15, -0.1) is 0 Å². The molecule has 0 aromatic carbocycles. The Kier molecular flexibility index (Phi) is 35.3. The second kappa shape index (κ2) is 21.3. The molecule has 0 spiro atoms. The number of nitrogens with zero attached hydrogens (tertiary/aromatic N) is 2. The van der Waals surface area contributed by atoms with E-state index in [2.05, 4.69) is 0 Å². The topological polar surface area (TPSA) is 57.7 Å². The van der Waals surface area contributed by atoms with Crippen molar-refractivity contribution in [3.63, 3.8) is 0 Å². The minimum atomic E-state index is -2.02. The average Bonchev–Trinajstić information content (AvgIpc) is 2.22. The van der Waals surface area contributed by atoms with Crippen molar-refractivity contribution in [3.05, 3.63) is 0 Å². The summed E-state index contributed by atoms with van der Waals surface area (Å²) in [4.78, 5) is 11.3. The molecule has 0 aromatic heterocycles. The minimum Gasteiger partial charge on any atom is -0.520 e. The fourth-order valence-electron chi connectivity index (χ4n) is 0.787. The van der Waals surface area contributed by atoms with Gasteiger partial charge in [0, 0.05) is 0 Å². The van der Waals surface area contributed by atoms with Gasteiger partial charge < -0.3 is 22.4 Å². The van der Waals surface area contributed by atoms with Crippen molar-refractivity contribution in [1.29, 1.82) is 0 Å². The van der Waals surface area contributed by atoms with E-state index in [1.54, 1.807) is 25.2 Å². The van der Waals surface area contributed by atoms with Gasteiger partial charge in [0.2, 0.25) is 0 Å². The molecule has 92 valence electrons. The number of rotatable bonds is 6. The first-order valence-corrected chi connectivity index (χ1v) is 6.07. The third kappa shape index (κ3) is 19.0. The molecular formula is C9H20N2O3Rb2S. The minimum absolute atomic E-state index is 0. The van der Waals surface area contributed by atoms with E-state index in [1.807, 2.05) is 13.8 Å². The molecule has 0 bridgehead atoms. The second-order valence-electron chi connectivity index (χ2n) is 2.59. The maximum absolute atomic E-state index is 10.1. The largest absolute Gasteiger partial charge is 1.00 e. The van der Waals surface area contributed by atoms with Crippen LogP contribution in [0.1, 0.15) is 27.7 Å². The number of hydrogen-bond acceptors (Lipinski definition) is 4. The van der Waals surface area contributed by atoms with Crippen LogP contribution in [0.5, 0.6) is 0 Å². The first kappa shape index (κ1) is 28.2. The summed E-state index contributed by atoms with van der Waals surface area (Å²) in [7, 11) is -2.02. The van der Waals surface area contributed by atoms with E-state index in [-0.39, 0.29) is 116 Å². The van der Waals surface area contributed by atoms with Gasteiger partial charge in [-0.2, -0.15) is 6.41 Å². The van der Waals surface area contributed by atoms with E-state index >= 15 is 0 Å². The molecule has 1 amide bonds. The monoisotopic (exact) mass is 406 g/mol. The molecule has 0 N–H and O–H groups in total. The van der Waals surface area contributed by atoms with Crippen LogP contribution in [-0.2, 0) is 24.1 Å². The van der Waals surface area contributed by atoms with Crippen molar-refractivity contribution >= 4 is 17.3 Å². The van der Waals surface area contributed by atoms with Gasteiger partial charge >= 0.3 is 116 Å². The summed E-state index contributed by atoms with van der Waals surface area (Å²) in [5, 5.41) is 0. The Bertz CT molecular complexity index is 212. The summed E-state index contributed by atoms with van der Waals surface area (Å²) >= 11 is 0. The molecule has 0 rings (SSSR count). The Labute approximate surface area is 205 Å². The third-order valence-electron chi connectivity index (χ3n) is 1.81. The first-order valence-electron chi connectivity index (χ1n) is 5.04. The van der Waals surface area contributed by atoms with Crippen LogP contribution >= 0.6 is 0 Å². The van der Waals surface area contributed by atoms with Crippen molar-refractivity contribution < 1.29 is 130 Å². The van der Waals surface area contributed by atoms with E-state index in [9.17, 15) is 13.2 Å². The second-order valence-corrected chi connectivity index (χ2v) is 3.55. The Morgan fingerprint density at radius 2 is 1.24 bits per heavy atom. The van der Waals surface area contributed by atoms with Crippen LogP contribution < -0.4 is 116 Å². The Hall–Kier alpha value is 2.99. The third-order valence-corrected chi connectivity index (χ3v) is 2.75. The molecule has 0 saturated heterocycles. The molecule has 0 unspecified atom stereocenters. The van der Waals surface area contributed by atoms with Gasteiger partial charge in [0.25, 0.3) is 0 Å². The Morgan fingerprint density at radius 1 is 0.882 bits per heavy atom. The van der Waals surface area contributed by atoms with Gasteiger partial charge in [-0.25, -0.2) is 0 Å². The quantitative estimate of drug-likeness (QED) is 0.252. The molecule has 5 nitrogen and oxygen atoms in total. The van der Waals surface area contributed by atoms with Crippen LogP contribution in [0.15, 0.2) is 0 Å². The molecule has 0 radical (unpaired) electrons. The normalized spacial score (nSPS) is 8.59. The average molecular weight is 407 g/mol. The van der Waals surface area contributed by atoms with Gasteiger partial charge in [-0.1, -0.05) is 27.7 Å². The van der Waals surface area contributed by atoms with Crippen molar-refractivity contribution in [2.75, 3.05) is 26.2 Å². The van der Waals surface area contributed by atoms with Gasteiger partial charge in [-0.05, 0) is 37.1 Å². The molecule has 0 aliphatic heterocycles. The zero-order valence-corrected chi connectivity index (χ0v) is 22.5. The number of amides is 1. The summed E-state index contributed by atoms with van der Waals surface area (Å²) in [6, 6.07) is 0. The van der Waals surface area contributed by atoms with E-state index < -0.39 is 10.9 Å². The van der Waals surface area contributed by atoms with Crippen molar-refractivity contribution in [3.8, 4) is 0 Å². The molecule has 0 saturated carbocycles. The molecular weight excluding hydrogens is 387 g/mol. The zero-order valence-electron chi connectivity index (χ0n) is 11.9. The van der Waals surface area contributed by atoms with Crippen LogP contribution in [0.3, 0.4) is 0 Å². The fraction of sp³-hybridized carbons (Fsp3) is 0.889. The maximum Gasteiger partial charge on any atom is 1.00 e.